The van der Waals surface area contributed by atoms with Crippen LogP contribution in [0.25, 0.3) is 11.3 Å². The summed E-state index contributed by atoms with van der Waals surface area (Å²) in [7, 11) is 1.50. The lowest BCUT2D eigenvalue weighted by atomic mass is 9.83. The van der Waals surface area contributed by atoms with Crippen molar-refractivity contribution in [3.8, 4) is 17.0 Å². The van der Waals surface area contributed by atoms with E-state index in [9.17, 15) is 18.0 Å². The molecular formula is C25H33ClF3N3O2. The second-order valence-electron chi connectivity index (χ2n) is 9.17. The average molecular weight is 500 g/mol. The van der Waals surface area contributed by atoms with Gasteiger partial charge in [0.25, 0.3) is 5.91 Å². The summed E-state index contributed by atoms with van der Waals surface area (Å²) < 4.78 is 44.6. The van der Waals surface area contributed by atoms with Crippen LogP contribution < -0.4 is 10.1 Å². The molecule has 1 N–H and O–H groups in total. The number of carbonyl (C=O) groups is 1. The van der Waals surface area contributed by atoms with E-state index in [1.807, 2.05) is 6.92 Å². The first-order chi connectivity index (χ1) is 16.1. The molecule has 1 aliphatic carbocycles. The van der Waals surface area contributed by atoms with Crippen LogP contribution in [0.5, 0.6) is 5.75 Å². The van der Waals surface area contributed by atoms with Crippen LogP contribution in [0.2, 0.25) is 5.02 Å². The van der Waals surface area contributed by atoms with Crippen molar-refractivity contribution in [3.63, 3.8) is 0 Å². The van der Waals surface area contributed by atoms with Crippen LogP contribution in [0.3, 0.4) is 0 Å². The van der Waals surface area contributed by atoms with E-state index in [2.05, 4.69) is 17.3 Å². The molecule has 1 aromatic carbocycles. The zero-order chi connectivity index (χ0) is 24.9. The van der Waals surface area contributed by atoms with Crippen molar-refractivity contribution in [1.82, 2.24) is 15.1 Å². The third-order valence-corrected chi connectivity index (χ3v) is 6.90. The third-order valence-electron chi connectivity index (χ3n) is 6.54. The summed E-state index contributed by atoms with van der Waals surface area (Å²) in [4.78, 5) is 12.9. The Morgan fingerprint density at radius 1 is 1.26 bits per heavy atom. The molecule has 9 heteroatoms. The first kappa shape index (κ1) is 26.4. The minimum absolute atomic E-state index is 0.00384. The van der Waals surface area contributed by atoms with Crippen LogP contribution in [0.15, 0.2) is 18.2 Å². The lowest BCUT2D eigenvalue weighted by Gasteiger charge is -2.26. The molecule has 1 amide bonds. The number of hydrogen-bond acceptors (Lipinski definition) is 3. The Balaban J connectivity index is 1.78. The second-order valence-corrected chi connectivity index (χ2v) is 9.54. The number of halogens is 4. The molecule has 0 aliphatic heterocycles. The van der Waals surface area contributed by atoms with Gasteiger partial charge in [-0.1, -0.05) is 37.4 Å². The number of carbonyl (C=O) groups excluding carboxylic acids is 1. The van der Waals surface area contributed by atoms with Gasteiger partial charge < -0.3 is 10.1 Å². The molecule has 1 aliphatic rings. The van der Waals surface area contributed by atoms with Crippen molar-refractivity contribution in [1.29, 1.82) is 0 Å². The lowest BCUT2D eigenvalue weighted by Crippen LogP contribution is -2.31. The van der Waals surface area contributed by atoms with Gasteiger partial charge >= 0.3 is 6.18 Å². The Kier molecular flexibility index (Phi) is 8.90. The largest absolute Gasteiger partial charge is 0.496 e. The van der Waals surface area contributed by atoms with Crippen LogP contribution in [0.1, 0.15) is 68.4 Å². The molecule has 0 bridgehead atoms. The Bertz CT molecular complexity index is 983. The van der Waals surface area contributed by atoms with E-state index in [4.69, 9.17) is 16.3 Å². The number of ether oxygens (including phenoxy) is 1. The fraction of sp³-hybridized carbons (Fsp3) is 0.600. The zero-order valence-electron chi connectivity index (χ0n) is 20.0. The maximum absolute atomic E-state index is 12.9. The van der Waals surface area contributed by atoms with Gasteiger partial charge in [-0.25, -0.2) is 0 Å². The van der Waals surface area contributed by atoms with E-state index in [0.29, 0.717) is 36.0 Å². The summed E-state index contributed by atoms with van der Waals surface area (Å²) in [5.74, 6) is 1.39. The number of aromatic nitrogens is 2. The van der Waals surface area contributed by atoms with Crippen molar-refractivity contribution >= 4 is 17.5 Å². The average Bonchev–Trinajstić information content (AvgIpc) is 3.13. The number of methoxy groups -OCH3 is 1. The summed E-state index contributed by atoms with van der Waals surface area (Å²) in [5.41, 5.74) is 2.10. The van der Waals surface area contributed by atoms with E-state index in [1.54, 1.807) is 22.9 Å². The first-order valence-corrected chi connectivity index (χ1v) is 12.3. The van der Waals surface area contributed by atoms with Crippen LogP contribution in [-0.2, 0) is 13.0 Å². The van der Waals surface area contributed by atoms with Gasteiger partial charge in [0.15, 0.2) is 5.69 Å². The van der Waals surface area contributed by atoms with Crippen molar-refractivity contribution in [2.45, 2.75) is 71.5 Å². The van der Waals surface area contributed by atoms with Gasteiger partial charge in [0.05, 0.1) is 17.8 Å². The summed E-state index contributed by atoms with van der Waals surface area (Å²) in [5, 5.41) is 7.67. The van der Waals surface area contributed by atoms with Gasteiger partial charge in [-0.2, -0.15) is 18.3 Å². The number of rotatable bonds is 9. The molecule has 34 heavy (non-hydrogen) atoms. The minimum atomic E-state index is -4.17. The highest BCUT2D eigenvalue weighted by atomic mass is 35.5. The molecule has 3 rings (SSSR count). The molecule has 1 saturated carbocycles. The molecular weight excluding hydrogens is 467 g/mol. The fourth-order valence-corrected chi connectivity index (χ4v) is 4.83. The standard InChI is InChI=1S/C25H33ClF3N3O2/c1-4-32-23(19-12-11-17(14-20(19)34-3)6-5-13-25(27,28)29)21(26)22(31-32)24(33)30-15-18-9-7-16(2)8-10-18/h11-12,14,16,18H,4-10,13,15H2,1-3H3,(H,30,33). The highest BCUT2D eigenvalue weighted by Crippen LogP contribution is 2.38. The van der Waals surface area contributed by atoms with Crippen molar-refractivity contribution in [2.24, 2.45) is 11.8 Å². The van der Waals surface area contributed by atoms with Crippen LogP contribution >= 0.6 is 11.6 Å². The molecule has 188 valence electrons. The number of hydrogen-bond donors (Lipinski definition) is 1. The molecule has 1 heterocycles. The SMILES string of the molecule is CCn1nc(C(=O)NCC2CCC(C)CC2)c(Cl)c1-c1ccc(CCCC(F)(F)F)cc1OC. The second kappa shape index (κ2) is 11.5. The quantitative estimate of drug-likeness (QED) is 0.419. The molecule has 2 aromatic rings. The maximum Gasteiger partial charge on any atom is 0.389 e. The highest BCUT2D eigenvalue weighted by Gasteiger charge is 2.27. The maximum atomic E-state index is 12.9. The molecule has 0 saturated heterocycles. The van der Waals surface area contributed by atoms with Crippen LogP contribution in [-0.4, -0.2) is 35.5 Å². The molecule has 0 spiro atoms. The summed E-state index contributed by atoms with van der Waals surface area (Å²) in [6.07, 6.45) is -0.133. The molecule has 1 fully saturated rings. The number of benzene rings is 1. The zero-order valence-corrected chi connectivity index (χ0v) is 20.7. The Morgan fingerprint density at radius 3 is 2.59 bits per heavy atom. The predicted octanol–water partition coefficient (Wildman–Crippen LogP) is 6.67. The number of amides is 1. The van der Waals surface area contributed by atoms with Crippen molar-refractivity contribution < 1.29 is 22.7 Å². The number of alkyl halides is 3. The molecule has 0 atom stereocenters. The van der Waals surface area contributed by atoms with Gasteiger partial charge in [0.2, 0.25) is 0 Å². The number of aryl methyl sites for hydroxylation is 2. The summed E-state index contributed by atoms with van der Waals surface area (Å²) in [6, 6.07) is 5.25. The fourth-order valence-electron chi connectivity index (χ4n) is 4.50. The highest BCUT2D eigenvalue weighted by molar-refractivity contribution is 6.36. The van der Waals surface area contributed by atoms with Gasteiger partial charge in [-0.05, 0) is 62.1 Å². The minimum Gasteiger partial charge on any atom is -0.496 e. The van der Waals surface area contributed by atoms with Gasteiger partial charge in [0, 0.05) is 25.1 Å². The van der Waals surface area contributed by atoms with Gasteiger partial charge in [0.1, 0.15) is 5.75 Å². The van der Waals surface area contributed by atoms with E-state index in [-0.39, 0.29) is 29.5 Å². The summed E-state index contributed by atoms with van der Waals surface area (Å²) in [6.45, 7) is 5.25. The monoisotopic (exact) mass is 499 g/mol. The Hall–Kier alpha value is -2.22. The van der Waals surface area contributed by atoms with E-state index in [0.717, 1.165) is 24.3 Å². The molecule has 5 nitrogen and oxygen atoms in total. The normalized spacial score (nSPS) is 18.7. The Morgan fingerprint density at radius 2 is 1.97 bits per heavy atom. The van der Waals surface area contributed by atoms with Crippen molar-refractivity contribution in [2.75, 3.05) is 13.7 Å². The topological polar surface area (TPSA) is 56.2 Å². The lowest BCUT2D eigenvalue weighted by molar-refractivity contribution is -0.135. The predicted molar refractivity (Wildman–Crippen MR) is 127 cm³/mol. The van der Waals surface area contributed by atoms with E-state index < -0.39 is 12.6 Å². The summed E-state index contributed by atoms with van der Waals surface area (Å²) >= 11 is 6.66. The Labute approximate surface area is 204 Å². The molecule has 1 aromatic heterocycles. The smallest absolute Gasteiger partial charge is 0.389 e. The third kappa shape index (κ3) is 6.68. The van der Waals surface area contributed by atoms with Crippen LogP contribution in [0.4, 0.5) is 13.2 Å². The van der Waals surface area contributed by atoms with Crippen molar-refractivity contribution in [3.05, 3.63) is 34.5 Å². The van der Waals surface area contributed by atoms with Crippen LogP contribution in [0, 0.1) is 11.8 Å². The van der Waals surface area contributed by atoms with Gasteiger partial charge in [-0.3, -0.25) is 9.48 Å². The number of nitrogens with one attached hydrogen (secondary N) is 1. The van der Waals surface area contributed by atoms with Gasteiger partial charge in [-0.15, -0.1) is 0 Å². The number of nitrogens with zero attached hydrogens (tertiary/aromatic N) is 2. The molecule has 0 unspecified atom stereocenters. The molecule has 0 radical (unpaired) electrons. The van der Waals surface area contributed by atoms with E-state index >= 15 is 0 Å². The van der Waals surface area contributed by atoms with E-state index in [1.165, 1.54) is 20.0 Å². The first-order valence-electron chi connectivity index (χ1n) is 11.9.